The quantitative estimate of drug-likeness (QED) is 0.848. The molecule has 0 aromatic rings. The van der Waals surface area contributed by atoms with Crippen LogP contribution in [0.15, 0.2) is 0 Å². The van der Waals surface area contributed by atoms with Gasteiger partial charge in [-0.15, -0.1) is 0 Å². The Hall–Kier alpha value is -0.120. The van der Waals surface area contributed by atoms with Crippen LogP contribution in [0.1, 0.15) is 52.9 Å². The van der Waals surface area contributed by atoms with Crippen LogP contribution < -0.4 is 5.32 Å². The van der Waals surface area contributed by atoms with Gasteiger partial charge in [0.25, 0.3) is 0 Å². The van der Waals surface area contributed by atoms with Gasteiger partial charge in [0.15, 0.2) is 0 Å². The van der Waals surface area contributed by atoms with E-state index in [0.717, 1.165) is 6.54 Å². The Labute approximate surface area is 119 Å². The summed E-state index contributed by atoms with van der Waals surface area (Å²) < 4.78 is 5.52. The lowest BCUT2D eigenvalue weighted by Gasteiger charge is -2.53. The van der Waals surface area contributed by atoms with Crippen LogP contribution in [0.25, 0.3) is 0 Å². The van der Waals surface area contributed by atoms with E-state index in [1.165, 1.54) is 45.2 Å². The summed E-state index contributed by atoms with van der Waals surface area (Å²) in [5, 5.41) is 3.82. The van der Waals surface area contributed by atoms with E-state index in [0.29, 0.717) is 23.6 Å². The number of ether oxygens (including phenoxy) is 1. The first-order chi connectivity index (χ1) is 9.07. The molecule has 0 amide bonds. The molecule has 1 heterocycles. The van der Waals surface area contributed by atoms with Crippen LogP contribution >= 0.6 is 0 Å². The zero-order valence-corrected chi connectivity index (χ0v) is 13.2. The van der Waals surface area contributed by atoms with Gasteiger partial charge < -0.3 is 10.1 Å². The van der Waals surface area contributed by atoms with Gasteiger partial charge in [-0.05, 0) is 25.7 Å². The Morgan fingerprint density at radius 2 is 1.89 bits per heavy atom. The average Bonchev–Trinajstić information content (AvgIpc) is 2.42. The maximum atomic E-state index is 5.52. The van der Waals surface area contributed by atoms with Crippen LogP contribution in [0.5, 0.6) is 0 Å². The topological polar surface area (TPSA) is 24.5 Å². The lowest BCUT2D eigenvalue weighted by atomic mass is 9.77. The first kappa shape index (κ1) is 15.3. The molecule has 2 fully saturated rings. The summed E-state index contributed by atoms with van der Waals surface area (Å²) in [6.07, 6.45) is 7.27. The summed E-state index contributed by atoms with van der Waals surface area (Å²) in [6.45, 7) is 10.3. The number of piperazine rings is 1. The number of hydrogen-bond donors (Lipinski definition) is 1. The van der Waals surface area contributed by atoms with E-state index in [9.17, 15) is 0 Å². The van der Waals surface area contributed by atoms with Crippen LogP contribution in [0, 0.1) is 5.92 Å². The zero-order valence-electron chi connectivity index (χ0n) is 13.2. The van der Waals surface area contributed by atoms with Crippen molar-refractivity contribution in [3.05, 3.63) is 0 Å². The van der Waals surface area contributed by atoms with E-state index in [1.807, 2.05) is 7.11 Å². The maximum absolute atomic E-state index is 5.52. The minimum absolute atomic E-state index is 0.338. The smallest absolute Gasteiger partial charge is 0.0670 e. The fraction of sp³-hybridized carbons (Fsp3) is 1.00. The molecule has 1 aliphatic heterocycles. The van der Waals surface area contributed by atoms with Gasteiger partial charge in [-0.1, -0.05) is 33.1 Å². The van der Waals surface area contributed by atoms with Gasteiger partial charge >= 0.3 is 0 Å². The number of hydrogen-bond acceptors (Lipinski definition) is 3. The fourth-order valence-corrected chi connectivity index (χ4v) is 3.73. The van der Waals surface area contributed by atoms with E-state index in [4.69, 9.17) is 4.74 Å². The molecular weight excluding hydrogens is 236 g/mol. The predicted octanol–water partition coefficient (Wildman–Crippen LogP) is 2.65. The number of nitrogens with zero attached hydrogens (tertiary/aromatic N) is 1. The van der Waals surface area contributed by atoms with Crippen LogP contribution in [0.2, 0.25) is 0 Å². The number of nitrogens with one attached hydrogen (secondary N) is 1. The summed E-state index contributed by atoms with van der Waals surface area (Å²) in [6, 6.07) is 0.636. The molecular formula is C16H32N2O. The molecule has 19 heavy (non-hydrogen) atoms. The molecule has 2 rings (SSSR count). The summed E-state index contributed by atoms with van der Waals surface area (Å²) in [5.41, 5.74) is 0.413. The number of methoxy groups -OCH3 is 1. The molecule has 1 aliphatic carbocycles. The van der Waals surface area contributed by atoms with Crippen molar-refractivity contribution in [2.45, 2.75) is 70.6 Å². The van der Waals surface area contributed by atoms with Crippen LogP contribution in [-0.2, 0) is 4.74 Å². The Kier molecular flexibility index (Phi) is 5.27. The Bertz CT molecular complexity index is 274. The molecule has 3 heteroatoms. The predicted molar refractivity (Wildman–Crippen MR) is 80.5 cm³/mol. The molecule has 0 radical (unpaired) electrons. The van der Waals surface area contributed by atoms with Crippen molar-refractivity contribution < 1.29 is 4.74 Å². The monoisotopic (exact) mass is 268 g/mol. The highest BCUT2D eigenvalue weighted by molar-refractivity contribution is 5.01. The van der Waals surface area contributed by atoms with Crippen LogP contribution in [0.3, 0.4) is 0 Å². The van der Waals surface area contributed by atoms with Gasteiger partial charge in [0, 0.05) is 38.3 Å². The second kappa shape index (κ2) is 6.55. The summed E-state index contributed by atoms with van der Waals surface area (Å²) in [7, 11) is 1.83. The van der Waals surface area contributed by atoms with E-state index >= 15 is 0 Å². The molecule has 2 aliphatic rings. The highest BCUT2D eigenvalue weighted by atomic mass is 16.5. The second-order valence-electron chi connectivity index (χ2n) is 6.97. The molecule has 0 aromatic heterocycles. The van der Waals surface area contributed by atoms with Crippen molar-refractivity contribution >= 4 is 0 Å². The SMILES string of the molecule is COC(C)CN1CC(C(C)C)NCC12CCCCC2. The summed E-state index contributed by atoms with van der Waals surface area (Å²) in [5.74, 6) is 0.710. The fourth-order valence-electron chi connectivity index (χ4n) is 3.73. The highest BCUT2D eigenvalue weighted by Crippen LogP contribution is 2.36. The maximum Gasteiger partial charge on any atom is 0.0670 e. The van der Waals surface area contributed by atoms with Gasteiger partial charge in [0.2, 0.25) is 0 Å². The minimum Gasteiger partial charge on any atom is -0.380 e. The lowest BCUT2D eigenvalue weighted by Crippen LogP contribution is -2.67. The average molecular weight is 268 g/mol. The normalized spacial score (nSPS) is 29.8. The van der Waals surface area contributed by atoms with E-state index in [-0.39, 0.29) is 0 Å². The van der Waals surface area contributed by atoms with Crippen LogP contribution in [0.4, 0.5) is 0 Å². The van der Waals surface area contributed by atoms with Gasteiger partial charge in [-0.25, -0.2) is 0 Å². The molecule has 0 bridgehead atoms. The Morgan fingerprint density at radius 3 is 2.47 bits per heavy atom. The molecule has 112 valence electrons. The van der Waals surface area contributed by atoms with E-state index < -0.39 is 0 Å². The standard InChI is InChI=1S/C16H32N2O/c1-13(2)15-11-18(10-14(3)19-4)16(12-17-15)8-6-5-7-9-16/h13-15,17H,5-12H2,1-4H3. The van der Waals surface area contributed by atoms with Crippen molar-refractivity contribution in [2.24, 2.45) is 5.92 Å². The van der Waals surface area contributed by atoms with Crippen molar-refractivity contribution in [3.8, 4) is 0 Å². The molecule has 1 N–H and O–H groups in total. The summed E-state index contributed by atoms with van der Waals surface area (Å²) in [4.78, 5) is 2.75. The first-order valence-corrected chi connectivity index (χ1v) is 8.08. The van der Waals surface area contributed by atoms with E-state index in [2.05, 4.69) is 31.0 Å². The van der Waals surface area contributed by atoms with Crippen LogP contribution in [-0.4, -0.2) is 49.3 Å². The molecule has 2 unspecified atom stereocenters. The zero-order chi connectivity index (χ0) is 13.9. The van der Waals surface area contributed by atoms with Crippen molar-refractivity contribution in [3.63, 3.8) is 0 Å². The lowest BCUT2D eigenvalue weighted by molar-refractivity contribution is -0.0313. The highest BCUT2D eigenvalue weighted by Gasteiger charge is 2.42. The van der Waals surface area contributed by atoms with Gasteiger partial charge in [-0.2, -0.15) is 0 Å². The number of rotatable bonds is 4. The second-order valence-corrected chi connectivity index (χ2v) is 6.97. The molecule has 0 aromatic carbocycles. The molecule has 3 nitrogen and oxygen atoms in total. The third-order valence-electron chi connectivity index (χ3n) is 5.25. The molecule has 1 saturated carbocycles. The van der Waals surface area contributed by atoms with E-state index in [1.54, 1.807) is 0 Å². The molecule has 2 atom stereocenters. The van der Waals surface area contributed by atoms with Crippen molar-refractivity contribution in [2.75, 3.05) is 26.7 Å². The Balaban J connectivity index is 2.07. The minimum atomic E-state index is 0.338. The third kappa shape index (κ3) is 3.50. The Morgan fingerprint density at radius 1 is 1.21 bits per heavy atom. The van der Waals surface area contributed by atoms with Crippen molar-refractivity contribution in [1.29, 1.82) is 0 Å². The van der Waals surface area contributed by atoms with Crippen molar-refractivity contribution in [1.82, 2.24) is 10.2 Å². The molecule has 1 spiro atoms. The van der Waals surface area contributed by atoms with Gasteiger partial charge in [0.1, 0.15) is 0 Å². The third-order valence-corrected chi connectivity index (χ3v) is 5.25. The summed E-state index contributed by atoms with van der Waals surface area (Å²) >= 11 is 0. The largest absolute Gasteiger partial charge is 0.380 e. The first-order valence-electron chi connectivity index (χ1n) is 8.08. The molecule has 1 saturated heterocycles. The van der Waals surface area contributed by atoms with Gasteiger partial charge in [-0.3, -0.25) is 4.90 Å². The van der Waals surface area contributed by atoms with Gasteiger partial charge in [0.05, 0.1) is 6.10 Å².